The van der Waals surface area contributed by atoms with Crippen LogP contribution in [0.15, 0.2) is 30.3 Å². The van der Waals surface area contributed by atoms with Crippen molar-refractivity contribution in [2.24, 2.45) is 17.6 Å². The highest BCUT2D eigenvalue weighted by Crippen LogP contribution is 2.44. The molecule has 1 heterocycles. The number of phenolic OH excluding ortho intramolecular Hbond substituents is 1. The lowest BCUT2D eigenvalue weighted by Gasteiger charge is -2.36. The van der Waals surface area contributed by atoms with Gasteiger partial charge in [0.25, 0.3) is 0 Å². The average Bonchev–Trinajstić information content (AvgIpc) is 3.45. The second kappa shape index (κ2) is 14.2. The Labute approximate surface area is 248 Å². The molecule has 1 amide bonds. The number of nitrogens with zero attached hydrogens (tertiary/aromatic N) is 1. The normalized spacial score (nSPS) is 19.0. The zero-order valence-electron chi connectivity index (χ0n) is 24.0. The van der Waals surface area contributed by atoms with Crippen LogP contribution in [0, 0.1) is 11.8 Å². The van der Waals surface area contributed by atoms with Crippen molar-refractivity contribution in [1.82, 2.24) is 4.90 Å². The Hall–Kier alpha value is -3.35. The van der Waals surface area contributed by atoms with Crippen LogP contribution >= 0.6 is 0 Å². The Bertz CT molecular complexity index is 1300. The van der Waals surface area contributed by atoms with E-state index in [1.807, 2.05) is 12.1 Å². The van der Waals surface area contributed by atoms with E-state index in [1.54, 1.807) is 13.2 Å². The van der Waals surface area contributed by atoms with Gasteiger partial charge in [0.2, 0.25) is 5.91 Å². The number of carbonyl (C=O) groups is 3. The van der Waals surface area contributed by atoms with Crippen molar-refractivity contribution in [3.8, 4) is 22.6 Å². The molecule has 0 saturated carbocycles. The summed E-state index contributed by atoms with van der Waals surface area (Å²) >= 11 is 0. The summed E-state index contributed by atoms with van der Waals surface area (Å²) in [6, 6.07) is 9.28. The van der Waals surface area contributed by atoms with E-state index in [-0.39, 0.29) is 57.2 Å². The van der Waals surface area contributed by atoms with E-state index in [4.69, 9.17) is 10.5 Å². The number of Topliss-reactive ketones (excluding diaryl/α,β-unsaturated/α-hetero) is 2. The molecule has 0 spiro atoms. The predicted octanol–water partition coefficient (Wildman–Crippen LogP) is 1.63. The van der Waals surface area contributed by atoms with Crippen LogP contribution in [0.3, 0.4) is 0 Å². The number of methoxy groups -OCH3 is 1. The molecule has 0 radical (unpaired) electrons. The van der Waals surface area contributed by atoms with Crippen molar-refractivity contribution in [1.29, 1.82) is 0 Å². The number of likely N-dealkylation sites (tertiary alicyclic amines) is 1. The molecule has 42 heavy (non-hydrogen) atoms. The number of carbonyl (C=O) groups excluding carboxylic acids is 3. The molecule has 2 aromatic rings. The summed E-state index contributed by atoms with van der Waals surface area (Å²) in [5.74, 6) is -2.93. The third kappa shape index (κ3) is 6.99. The number of aromatic hydroxyl groups is 1. The van der Waals surface area contributed by atoms with Crippen molar-refractivity contribution >= 4 is 17.5 Å². The highest BCUT2D eigenvalue weighted by atomic mass is 16.5. The topological polar surface area (TPSA) is 202 Å². The highest BCUT2D eigenvalue weighted by Gasteiger charge is 2.45. The number of nitrogens with two attached hydrogens (primary N) is 1. The summed E-state index contributed by atoms with van der Waals surface area (Å²) < 4.78 is 5.69. The van der Waals surface area contributed by atoms with E-state index in [0.29, 0.717) is 17.7 Å². The smallest absolute Gasteiger partial charge is 0.224 e. The molecule has 8 N–H and O–H groups in total. The number of hydrogen-bond acceptors (Lipinski definition) is 9. The van der Waals surface area contributed by atoms with Crippen LogP contribution in [0.5, 0.6) is 11.5 Å². The van der Waals surface area contributed by atoms with Crippen LogP contribution in [0.25, 0.3) is 11.1 Å². The lowest BCUT2D eigenvalue weighted by Crippen LogP contribution is -2.51. The quantitative estimate of drug-likeness (QED) is 0.215. The van der Waals surface area contributed by atoms with E-state index in [9.17, 15) is 34.8 Å². The minimum Gasteiger partial charge on any atom is -0.507 e. The Balaban J connectivity index is 0.00000323. The number of benzene rings is 2. The Kier molecular flexibility index (Phi) is 11.2. The number of phenols is 1. The maximum absolute atomic E-state index is 13.4. The van der Waals surface area contributed by atoms with Gasteiger partial charge in [-0.15, -0.1) is 0 Å². The van der Waals surface area contributed by atoms with E-state index in [2.05, 4.69) is 11.0 Å². The highest BCUT2D eigenvalue weighted by molar-refractivity contribution is 6.03. The fraction of sp³-hybridized carbons (Fsp3) is 0.516. The molecule has 2 aliphatic rings. The third-order valence-corrected chi connectivity index (χ3v) is 8.53. The van der Waals surface area contributed by atoms with Crippen molar-refractivity contribution in [3.63, 3.8) is 0 Å². The van der Waals surface area contributed by atoms with Gasteiger partial charge in [-0.05, 0) is 91.9 Å². The number of aliphatic hydroxyl groups excluding tert-OH is 2. The molecule has 1 fully saturated rings. The summed E-state index contributed by atoms with van der Waals surface area (Å²) in [7, 11) is 1.58. The van der Waals surface area contributed by atoms with Crippen molar-refractivity contribution < 1.29 is 47.9 Å². The lowest BCUT2D eigenvalue weighted by molar-refractivity contribution is -0.153. The van der Waals surface area contributed by atoms with Crippen LogP contribution in [-0.2, 0) is 22.6 Å². The molecular weight excluding hydrogens is 544 g/mol. The number of ether oxygens (including phenoxy) is 1. The molecule has 0 aromatic heterocycles. The zero-order valence-corrected chi connectivity index (χ0v) is 24.0. The van der Waals surface area contributed by atoms with Gasteiger partial charge >= 0.3 is 0 Å². The first kappa shape index (κ1) is 33.2. The van der Waals surface area contributed by atoms with E-state index in [1.165, 1.54) is 18.9 Å². The van der Waals surface area contributed by atoms with Gasteiger partial charge in [-0.3, -0.25) is 19.3 Å². The van der Waals surface area contributed by atoms with Crippen LogP contribution in [0.4, 0.5) is 0 Å². The number of hydrogen-bond donors (Lipinski definition) is 5. The maximum atomic E-state index is 13.4. The van der Waals surface area contributed by atoms with Gasteiger partial charge in [0.15, 0.2) is 11.6 Å². The molecule has 1 aliphatic heterocycles. The summed E-state index contributed by atoms with van der Waals surface area (Å²) in [4.78, 5) is 39.9. The minimum atomic E-state index is -2.30. The molecule has 234 valence electrons. The standard InChI is InChI=1S/C31H40N2O8.H2O.2H2/c1-41-27-7-4-19(17-33-9-2-3-10-33)13-23(27)22-5-6-25(36)30-24(22)14-20(15-26(30)37)12-21(8-11-34)31(40,18-35)28(38)16-29(32)39;;;/h4-7,13,20-21,34-36,40H,2-3,8-12,14-18H2,1H3,(H2,32,39);1H2;2*1H/t20?,21?,31-;;;/m1.../s1. The summed E-state index contributed by atoms with van der Waals surface area (Å²) in [5.41, 5.74) is 6.39. The largest absolute Gasteiger partial charge is 0.507 e. The fourth-order valence-electron chi connectivity index (χ4n) is 6.43. The summed E-state index contributed by atoms with van der Waals surface area (Å²) in [6.45, 7) is 1.56. The molecular formula is C31H46N2O9. The number of fused-ring (bicyclic) bond motifs is 1. The van der Waals surface area contributed by atoms with Gasteiger partial charge < -0.3 is 36.4 Å². The average molecular weight is 591 g/mol. The first-order chi connectivity index (χ1) is 19.6. The lowest BCUT2D eigenvalue weighted by atomic mass is 9.71. The molecule has 2 aromatic carbocycles. The monoisotopic (exact) mass is 590 g/mol. The first-order valence-electron chi connectivity index (χ1n) is 14.1. The first-order valence-corrected chi connectivity index (χ1v) is 14.1. The molecule has 11 nitrogen and oxygen atoms in total. The Morgan fingerprint density at radius 1 is 1.14 bits per heavy atom. The number of ketones is 2. The predicted molar refractivity (Wildman–Crippen MR) is 159 cm³/mol. The molecule has 11 heteroatoms. The second-order valence-electron chi connectivity index (χ2n) is 11.3. The number of aliphatic hydroxyl groups is 3. The van der Waals surface area contributed by atoms with Gasteiger partial charge in [-0.1, -0.05) is 12.1 Å². The van der Waals surface area contributed by atoms with Crippen LogP contribution < -0.4 is 10.5 Å². The molecule has 0 bridgehead atoms. The SMILES string of the molecule is COc1ccc(CN2CCCC2)cc1-c1ccc(O)c2c1CC(CC(CCO)[C@](O)(CO)C(=O)CC(N)=O)CC2=O.O.[HH].[HH]. The molecule has 1 aliphatic carbocycles. The molecule has 4 rings (SSSR count). The minimum absolute atomic E-state index is 0. The van der Waals surface area contributed by atoms with E-state index in [0.717, 1.165) is 36.3 Å². The van der Waals surface area contributed by atoms with E-state index < -0.39 is 36.2 Å². The third-order valence-electron chi connectivity index (χ3n) is 8.53. The second-order valence-corrected chi connectivity index (χ2v) is 11.3. The maximum Gasteiger partial charge on any atom is 0.224 e. The fourth-order valence-corrected chi connectivity index (χ4v) is 6.43. The van der Waals surface area contributed by atoms with Crippen molar-refractivity contribution in [2.45, 2.75) is 57.1 Å². The Morgan fingerprint density at radius 2 is 1.86 bits per heavy atom. The number of amides is 1. The van der Waals surface area contributed by atoms with Gasteiger partial charge in [0.1, 0.15) is 17.1 Å². The summed E-state index contributed by atoms with van der Waals surface area (Å²) in [5, 5.41) is 41.5. The van der Waals surface area contributed by atoms with Crippen LogP contribution in [0.1, 0.15) is 62.9 Å². The van der Waals surface area contributed by atoms with Gasteiger partial charge in [-0.25, -0.2) is 0 Å². The zero-order chi connectivity index (χ0) is 29.7. The van der Waals surface area contributed by atoms with Crippen LogP contribution in [0.2, 0.25) is 0 Å². The van der Waals surface area contributed by atoms with Crippen molar-refractivity contribution in [3.05, 3.63) is 47.0 Å². The Morgan fingerprint density at radius 3 is 2.48 bits per heavy atom. The molecule has 1 saturated heterocycles. The molecule has 3 atom stereocenters. The van der Waals surface area contributed by atoms with Gasteiger partial charge in [-0.2, -0.15) is 0 Å². The molecule has 2 unspecified atom stereocenters. The van der Waals surface area contributed by atoms with Crippen LogP contribution in [-0.4, -0.2) is 87.3 Å². The summed E-state index contributed by atoms with van der Waals surface area (Å²) in [6.07, 6.45) is 2.08. The number of rotatable bonds is 13. The van der Waals surface area contributed by atoms with Gasteiger partial charge in [0, 0.05) is 28.0 Å². The van der Waals surface area contributed by atoms with E-state index >= 15 is 0 Å². The number of primary amides is 1. The van der Waals surface area contributed by atoms with Gasteiger partial charge in [0.05, 0.1) is 25.7 Å². The van der Waals surface area contributed by atoms with Crippen molar-refractivity contribution in [2.75, 3.05) is 33.4 Å².